The first-order chi connectivity index (χ1) is 17.8. The maximum atomic E-state index is 13.7. The lowest BCUT2D eigenvalue weighted by Crippen LogP contribution is -2.58. The molecule has 3 N–H and O–H groups in total. The van der Waals surface area contributed by atoms with E-state index in [9.17, 15) is 14.7 Å². The average molecular weight is 511 g/mol. The van der Waals surface area contributed by atoms with E-state index in [0.717, 1.165) is 48.6 Å². The predicted molar refractivity (Wildman–Crippen MR) is 145 cm³/mol. The molecular weight excluding hydrogens is 468 g/mol. The van der Waals surface area contributed by atoms with Gasteiger partial charge in [0.15, 0.2) is 0 Å². The van der Waals surface area contributed by atoms with E-state index >= 15 is 0 Å². The standard InChI is InChI=1S/C28H42N6O3/c1-19(2)33-25-21(4-3-5-22(25)34(27(33)37)23-6-7-24(35)30-26(23)36)32-12-8-20(9-13-32)16-31-14-10-28(11-15-31)17-29-18-28/h3-5,19-20,23-24,29,35H,6-18H2,1-2H3,(H,30,36). The summed E-state index contributed by atoms with van der Waals surface area (Å²) in [5.74, 6) is 0.436. The molecule has 9 nitrogen and oxygen atoms in total. The first-order valence-electron chi connectivity index (χ1n) is 14.3. The molecule has 0 aliphatic carbocycles. The van der Waals surface area contributed by atoms with Crippen LogP contribution in [-0.4, -0.2) is 77.1 Å². The highest BCUT2D eigenvalue weighted by Crippen LogP contribution is 2.37. The van der Waals surface area contributed by atoms with Gasteiger partial charge in [0.1, 0.15) is 12.3 Å². The molecule has 0 bridgehead atoms. The SMILES string of the molecule is CC(C)n1c(=O)n(C2CCC(O)NC2=O)c2cccc(N3CCC(CN4CCC5(CC4)CNC5)CC3)c21. The van der Waals surface area contributed by atoms with Crippen LogP contribution in [0.3, 0.4) is 0 Å². The van der Waals surface area contributed by atoms with E-state index in [1.807, 2.05) is 30.5 Å². The number of benzene rings is 1. The average Bonchev–Trinajstić information content (AvgIpc) is 3.16. The zero-order chi connectivity index (χ0) is 25.7. The molecule has 202 valence electrons. The molecule has 2 aromatic rings. The van der Waals surface area contributed by atoms with E-state index < -0.39 is 12.3 Å². The highest BCUT2D eigenvalue weighted by atomic mass is 16.3. The Morgan fingerprint density at radius 2 is 1.76 bits per heavy atom. The van der Waals surface area contributed by atoms with Gasteiger partial charge in [0.05, 0.1) is 16.7 Å². The maximum absolute atomic E-state index is 13.7. The smallest absolute Gasteiger partial charge is 0.330 e. The molecule has 0 radical (unpaired) electrons. The summed E-state index contributed by atoms with van der Waals surface area (Å²) >= 11 is 0. The Morgan fingerprint density at radius 1 is 1.03 bits per heavy atom. The number of likely N-dealkylation sites (tertiary alicyclic amines) is 1. The summed E-state index contributed by atoms with van der Waals surface area (Å²) in [4.78, 5) is 31.6. The third-order valence-corrected chi connectivity index (χ3v) is 9.45. The van der Waals surface area contributed by atoms with Gasteiger partial charge >= 0.3 is 5.69 Å². The highest BCUT2D eigenvalue weighted by Gasteiger charge is 2.40. The number of piperidine rings is 3. The van der Waals surface area contributed by atoms with E-state index in [2.05, 4.69) is 26.5 Å². The summed E-state index contributed by atoms with van der Waals surface area (Å²) in [6.45, 7) is 12.1. The Bertz CT molecular complexity index is 1200. The Labute approximate surface area is 218 Å². The molecule has 1 spiro atoms. The molecule has 0 saturated carbocycles. The van der Waals surface area contributed by atoms with Gasteiger partial charge in [-0.2, -0.15) is 0 Å². The molecule has 4 saturated heterocycles. The van der Waals surface area contributed by atoms with Crippen LogP contribution in [0.5, 0.6) is 0 Å². The third kappa shape index (κ3) is 4.49. The number of nitrogens with one attached hydrogen (secondary N) is 2. The fourth-order valence-electron chi connectivity index (χ4n) is 7.10. The second-order valence-electron chi connectivity index (χ2n) is 12.2. The van der Waals surface area contributed by atoms with Crippen molar-refractivity contribution in [3.8, 4) is 0 Å². The number of anilines is 1. The number of para-hydroxylation sites is 1. The zero-order valence-corrected chi connectivity index (χ0v) is 22.3. The zero-order valence-electron chi connectivity index (χ0n) is 22.3. The minimum absolute atomic E-state index is 0.0274. The fourth-order valence-corrected chi connectivity index (χ4v) is 7.10. The van der Waals surface area contributed by atoms with Gasteiger partial charge in [-0.15, -0.1) is 0 Å². The lowest BCUT2D eigenvalue weighted by atomic mass is 9.73. The van der Waals surface area contributed by atoms with E-state index in [1.165, 1.54) is 45.6 Å². The number of rotatable bonds is 5. The van der Waals surface area contributed by atoms with Crippen LogP contribution in [0, 0.1) is 11.3 Å². The fraction of sp³-hybridized carbons (Fsp3) is 0.714. The quantitative estimate of drug-likeness (QED) is 0.570. The number of hydrogen-bond acceptors (Lipinski definition) is 6. The van der Waals surface area contributed by atoms with Crippen LogP contribution in [0.2, 0.25) is 0 Å². The summed E-state index contributed by atoms with van der Waals surface area (Å²) in [7, 11) is 0. The molecular formula is C28H42N6O3. The van der Waals surface area contributed by atoms with Gasteiger partial charge in [0.2, 0.25) is 5.91 Å². The molecule has 1 aromatic heterocycles. The normalized spacial score (nSPS) is 27.1. The van der Waals surface area contributed by atoms with Crippen molar-refractivity contribution < 1.29 is 9.90 Å². The van der Waals surface area contributed by atoms with Crippen LogP contribution in [0.1, 0.15) is 64.5 Å². The number of fused-ring (bicyclic) bond motifs is 1. The molecule has 6 rings (SSSR count). The molecule has 1 aromatic carbocycles. The molecule has 4 fully saturated rings. The van der Waals surface area contributed by atoms with Crippen LogP contribution in [0.4, 0.5) is 5.69 Å². The van der Waals surface area contributed by atoms with Crippen LogP contribution in [-0.2, 0) is 4.79 Å². The van der Waals surface area contributed by atoms with Crippen LogP contribution in [0.15, 0.2) is 23.0 Å². The van der Waals surface area contributed by atoms with Gasteiger partial charge in [-0.3, -0.25) is 13.9 Å². The van der Waals surface area contributed by atoms with Gasteiger partial charge in [-0.05, 0) is 88.9 Å². The second-order valence-corrected chi connectivity index (χ2v) is 12.2. The lowest BCUT2D eigenvalue weighted by molar-refractivity contribution is -0.130. The molecule has 5 heterocycles. The Hall–Kier alpha value is -2.36. The number of carbonyl (C=O) groups is 1. The van der Waals surface area contributed by atoms with Crippen molar-refractivity contribution in [2.45, 2.75) is 70.7 Å². The number of carbonyl (C=O) groups excluding carboxylic acids is 1. The Balaban J connectivity index is 1.21. The Kier molecular flexibility index (Phi) is 6.57. The van der Waals surface area contributed by atoms with Crippen LogP contribution >= 0.6 is 0 Å². The van der Waals surface area contributed by atoms with Crippen molar-refractivity contribution in [2.24, 2.45) is 11.3 Å². The number of aliphatic hydroxyl groups is 1. The van der Waals surface area contributed by atoms with Gasteiger partial charge in [0, 0.05) is 38.8 Å². The molecule has 37 heavy (non-hydrogen) atoms. The third-order valence-electron chi connectivity index (χ3n) is 9.45. The molecule has 2 atom stereocenters. The topological polar surface area (TPSA) is 94.8 Å². The number of aliphatic hydroxyl groups excluding tert-OH is 1. The minimum atomic E-state index is -0.837. The molecule has 9 heteroatoms. The molecule has 4 aliphatic rings. The van der Waals surface area contributed by atoms with E-state index in [1.54, 1.807) is 4.57 Å². The van der Waals surface area contributed by atoms with Crippen molar-refractivity contribution in [1.82, 2.24) is 24.7 Å². The lowest BCUT2D eigenvalue weighted by Gasteiger charge is -2.49. The predicted octanol–water partition coefficient (Wildman–Crippen LogP) is 2.06. The summed E-state index contributed by atoms with van der Waals surface area (Å²) in [5, 5.41) is 15.9. The van der Waals surface area contributed by atoms with E-state index in [-0.39, 0.29) is 17.6 Å². The van der Waals surface area contributed by atoms with Crippen molar-refractivity contribution in [3.63, 3.8) is 0 Å². The van der Waals surface area contributed by atoms with Crippen molar-refractivity contribution in [3.05, 3.63) is 28.7 Å². The molecule has 1 amide bonds. The number of imidazole rings is 1. The first-order valence-corrected chi connectivity index (χ1v) is 14.3. The highest BCUT2D eigenvalue weighted by molar-refractivity contribution is 5.92. The van der Waals surface area contributed by atoms with Gasteiger partial charge < -0.3 is 25.5 Å². The van der Waals surface area contributed by atoms with E-state index in [4.69, 9.17) is 0 Å². The maximum Gasteiger partial charge on any atom is 0.330 e. The minimum Gasteiger partial charge on any atom is -0.374 e. The number of nitrogens with zero attached hydrogens (tertiary/aromatic N) is 4. The molecule has 4 aliphatic heterocycles. The number of hydrogen-bond donors (Lipinski definition) is 3. The Morgan fingerprint density at radius 3 is 2.38 bits per heavy atom. The number of aromatic nitrogens is 2. The monoisotopic (exact) mass is 510 g/mol. The summed E-state index contributed by atoms with van der Waals surface area (Å²) in [6.07, 6.45) is 5.05. The summed E-state index contributed by atoms with van der Waals surface area (Å²) < 4.78 is 3.52. The van der Waals surface area contributed by atoms with Crippen molar-refractivity contribution >= 4 is 22.6 Å². The summed E-state index contributed by atoms with van der Waals surface area (Å²) in [6, 6.07) is 5.48. The van der Waals surface area contributed by atoms with Crippen molar-refractivity contribution in [2.75, 3.05) is 50.7 Å². The largest absolute Gasteiger partial charge is 0.374 e. The first kappa shape index (κ1) is 24.9. The van der Waals surface area contributed by atoms with Gasteiger partial charge in [-0.25, -0.2) is 4.79 Å². The van der Waals surface area contributed by atoms with Crippen LogP contribution < -0.4 is 21.2 Å². The number of amides is 1. The second kappa shape index (κ2) is 9.75. The van der Waals surface area contributed by atoms with Crippen LogP contribution in [0.25, 0.3) is 11.0 Å². The van der Waals surface area contributed by atoms with Gasteiger partial charge in [-0.1, -0.05) is 6.07 Å². The molecule has 2 unspecified atom stereocenters. The van der Waals surface area contributed by atoms with Gasteiger partial charge in [0.25, 0.3) is 0 Å². The van der Waals surface area contributed by atoms with Crippen molar-refractivity contribution in [1.29, 1.82) is 0 Å². The van der Waals surface area contributed by atoms with E-state index in [0.29, 0.717) is 18.3 Å². The summed E-state index contributed by atoms with van der Waals surface area (Å²) in [5.41, 5.74) is 3.28.